The van der Waals surface area contributed by atoms with E-state index in [2.05, 4.69) is 23.9 Å². The summed E-state index contributed by atoms with van der Waals surface area (Å²) in [6, 6.07) is 5.68. The second-order valence-corrected chi connectivity index (χ2v) is 8.22. The molecular weight excluding hydrogens is 284 g/mol. The van der Waals surface area contributed by atoms with Crippen LogP contribution in [0, 0.1) is 18.8 Å². The molecule has 4 nitrogen and oxygen atoms in total. The first-order valence-electron chi connectivity index (χ1n) is 7.64. The molecule has 5 heteroatoms. The van der Waals surface area contributed by atoms with E-state index in [1.165, 1.54) is 19.9 Å². The van der Waals surface area contributed by atoms with Gasteiger partial charge in [0.2, 0.25) is 10.0 Å². The zero-order valence-corrected chi connectivity index (χ0v) is 14.1. The maximum absolute atomic E-state index is 11.9. The van der Waals surface area contributed by atoms with Crippen molar-refractivity contribution in [2.45, 2.75) is 51.0 Å². The lowest BCUT2D eigenvalue weighted by molar-refractivity contribution is 0.280. The van der Waals surface area contributed by atoms with E-state index >= 15 is 0 Å². The van der Waals surface area contributed by atoms with Crippen molar-refractivity contribution in [2.75, 3.05) is 12.4 Å². The van der Waals surface area contributed by atoms with Crippen LogP contribution in [-0.4, -0.2) is 21.5 Å². The summed E-state index contributed by atoms with van der Waals surface area (Å²) in [6.45, 7) is 6.57. The van der Waals surface area contributed by atoms with E-state index in [1.807, 2.05) is 13.0 Å². The Hall–Kier alpha value is -1.07. The van der Waals surface area contributed by atoms with Gasteiger partial charge in [-0.25, -0.2) is 13.1 Å². The summed E-state index contributed by atoms with van der Waals surface area (Å²) in [6.07, 6.45) is 3.66. The molecule has 1 aliphatic rings. The Morgan fingerprint density at radius 3 is 2.57 bits per heavy atom. The van der Waals surface area contributed by atoms with Crippen LogP contribution in [0.1, 0.15) is 38.7 Å². The molecule has 1 saturated carbocycles. The minimum absolute atomic E-state index is 0.314. The predicted octanol–water partition coefficient (Wildman–Crippen LogP) is 3.14. The molecule has 0 aliphatic heterocycles. The third-order valence-corrected chi connectivity index (χ3v) is 6.00. The molecule has 0 saturated heterocycles. The monoisotopic (exact) mass is 310 g/mol. The Morgan fingerprint density at radius 2 is 1.90 bits per heavy atom. The molecule has 0 aromatic heterocycles. The number of aryl methyl sites for hydroxylation is 1. The molecule has 0 radical (unpaired) electrons. The Labute approximate surface area is 128 Å². The van der Waals surface area contributed by atoms with E-state index in [1.54, 1.807) is 12.1 Å². The highest BCUT2D eigenvalue weighted by molar-refractivity contribution is 7.89. The van der Waals surface area contributed by atoms with Crippen molar-refractivity contribution >= 4 is 15.7 Å². The molecule has 2 N–H and O–H groups in total. The molecular formula is C16H26N2O2S. The average Bonchev–Trinajstić information content (AvgIpc) is 2.45. The minimum atomic E-state index is -3.39. The molecule has 3 unspecified atom stereocenters. The molecule has 1 aromatic carbocycles. The van der Waals surface area contributed by atoms with Crippen LogP contribution >= 0.6 is 0 Å². The van der Waals surface area contributed by atoms with E-state index < -0.39 is 10.0 Å². The summed E-state index contributed by atoms with van der Waals surface area (Å²) in [7, 11) is -1.95. The molecule has 0 bridgehead atoms. The lowest BCUT2D eigenvalue weighted by atomic mass is 9.80. The van der Waals surface area contributed by atoms with Gasteiger partial charge < -0.3 is 5.32 Å². The first-order chi connectivity index (χ1) is 9.83. The Bertz CT molecular complexity index is 598. The van der Waals surface area contributed by atoms with Gasteiger partial charge in [0.1, 0.15) is 0 Å². The summed E-state index contributed by atoms with van der Waals surface area (Å²) in [4.78, 5) is 0.314. The van der Waals surface area contributed by atoms with Gasteiger partial charge in [0.05, 0.1) is 4.90 Å². The fourth-order valence-corrected chi connectivity index (χ4v) is 3.73. The molecule has 2 rings (SSSR count). The van der Waals surface area contributed by atoms with Gasteiger partial charge >= 0.3 is 0 Å². The van der Waals surface area contributed by atoms with E-state index in [0.29, 0.717) is 16.9 Å². The number of benzene rings is 1. The molecule has 21 heavy (non-hydrogen) atoms. The van der Waals surface area contributed by atoms with Crippen LogP contribution in [0.25, 0.3) is 0 Å². The molecule has 3 atom stereocenters. The van der Waals surface area contributed by atoms with Crippen molar-refractivity contribution in [3.63, 3.8) is 0 Å². The van der Waals surface area contributed by atoms with E-state index in [9.17, 15) is 8.42 Å². The molecule has 1 aromatic rings. The number of sulfonamides is 1. The fraction of sp³-hybridized carbons (Fsp3) is 0.625. The summed E-state index contributed by atoms with van der Waals surface area (Å²) >= 11 is 0. The highest BCUT2D eigenvalue weighted by Crippen LogP contribution is 2.32. The lowest BCUT2D eigenvalue weighted by Crippen LogP contribution is -2.33. The van der Waals surface area contributed by atoms with Gasteiger partial charge in [0.15, 0.2) is 0 Å². The standard InChI is InChI=1S/C16H26N2O2S/c1-11-5-6-12(2)15(9-11)18-16-10-14(8-7-13(16)3)21(19,20)17-4/h7-8,10-12,15,17-18H,5-6,9H2,1-4H3. The second kappa shape index (κ2) is 6.36. The number of nitrogens with one attached hydrogen (secondary N) is 2. The summed E-state index contributed by atoms with van der Waals surface area (Å²) in [5, 5.41) is 3.57. The van der Waals surface area contributed by atoms with Crippen molar-refractivity contribution in [1.29, 1.82) is 0 Å². The largest absolute Gasteiger partial charge is 0.382 e. The minimum Gasteiger partial charge on any atom is -0.382 e. The lowest BCUT2D eigenvalue weighted by Gasteiger charge is -2.34. The summed E-state index contributed by atoms with van der Waals surface area (Å²) in [5.74, 6) is 1.34. The van der Waals surface area contributed by atoms with Crippen LogP contribution in [0.4, 0.5) is 5.69 Å². The Balaban J connectivity index is 2.25. The molecule has 0 spiro atoms. The topological polar surface area (TPSA) is 58.2 Å². The highest BCUT2D eigenvalue weighted by Gasteiger charge is 2.26. The molecule has 118 valence electrons. The van der Waals surface area contributed by atoms with Crippen molar-refractivity contribution in [3.05, 3.63) is 23.8 Å². The number of hydrogen-bond acceptors (Lipinski definition) is 3. The SMILES string of the molecule is CNS(=O)(=O)c1ccc(C)c(NC2CC(C)CCC2C)c1. The van der Waals surface area contributed by atoms with E-state index in [0.717, 1.165) is 23.6 Å². The molecule has 1 fully saturated rings. The molecule has 1 aliphatic carbocycles. The number of anilines is 1. The summed E-state index contributed by atoms with van der Waals surface area (Å²) in [5.41, 5.74) is 2.01. The highest BCUT2D eigenvalue weighted by atomic mass is 32.2. The maximum Gasteiger partial charge on any atom is 0.240 e. The number of hydrogen-bond donors (Lipinski definition) is 2. The quantitative estimate of drug-likeness (QED) is 0.898. The van der Waals surface area contributed by atoms with Crippen molar-refractivity contribution < 1.29 is 8.42 Å². The predicted molar refractivity (Wildman–Crippen MR) is 87.0 cm³/mol. The smallest absolute Gasteiger partial charge is 0.240 e. The normalized spacial score (nSPS) is 26.6. The van der Waals surface area contributed by atoms with E-state index in [4.69, 9.17) is 0 Å². The van der Waals surface area contributed by atoms with Gasteiger partial charge in [-0.2, -0.15) is 0 Å². The zero-order valence-electron chi connectivity index (χ0n) is 13.3. The van der Waals surface area contributed by atoms with Crippen LogP contribution in [-0.2, 0) is 10.0 Å². The van der Waals surface area contributed by atoms with Crippen molar-refractivity contribution in [2.24, 2.45) is 11.8 Å². The van der Waals surface area contributed by atoms with Crippen LogP contribution in [0.3, 0.4) is 0 Å². The van der Waals surface area contributed by atoms with Gasteiger partial charge in [0.25, 0.3) is 0 Å². The maximum atomic E-state index is 11.9. The van der Waals surface area contributed by atoms with Gasteiger partial charge in [0, 0.05) is 11.7 Å². The first-order valence-corrected chi connectivity index (χ1v) is 9.12. The third-order valence-electron chi connectivity index (χ3n) is 4.59. The Morgan fingerprint density at radius 1 is 1.19 bits per heavy atom. The van der Waals surface area contributed by atoms with Crippen molar-refractivity contribution in [3.8, 4) is 0 Å². The van der Waals surface area contributed by atoms with Gasteiger partial charge in [-0.15, -0.1) is 0 Å². The van der Waals surface area contributed by atoms with E-state index in [-0.39, 0.29) is 0 Å². The Kier molecular flexibility index (Phi) is 4.94. The summed E-state index contributed by atoms with van der Waals surface area (Å²) < 4.78 is 26.2. The van der Waals surface area contributed by atoms with Crippen LogP contribution in [0.15, 0.2) is 23.1 Å². The fourth-order valence-electron chi connectivity index (χ4n) is 2.97. The number of rotatable bonds is 4. The molecule has 0 heterocycles. The molecule has 0 amide bonds. The second-order valence-electron chi connectivity index (χ2n) is 6.33. The zero-order chi connectivity index (χ0) is 15.6. The van der Waals surface area contributed by atoms with Gasteiger partial charge in [-0.3, -0.25) is 0 Å². The third kappa shape index (κ3) is 3.77. The first kappa shape index (κ1) is 16.3. The van der Waals surface area contributed by atoms with Crippen LogP contribution in [0.2, 0.25) is 0 Å². The van der Waals surface area contributed by atoms with Crippen LogP contribution < -0.4 is 10.0 Å². The average molecular weight is 310 g/mol. The van der Waals surface area contributed by atoms with Gasteiger partial charge in [-0.1, -0.05) is 26.3 Å². The van der Waals surface area contributed by atoms with Crippen molar-refractivity contribution in [1.82, 2.24) is 4.72 Å². The van der Waals surface area contributed by atoms with Gasteiger partial charge in [-0.05, 0) is 56.3 Å². The van der Waals surface area contributed by atoms with Crippen LogP contribution in [0.5, 0.6) is 0 Å².